The number of hydrogen-bond acceptors (Lipinski definition) is 1. The fraction of sp³-hybridized carbons (Fsp3) is 0.259. The van der Waals surface area contributed by atoms with E-state index in [-0.39, 0.29) is 36.4 Å². The number of quaternary nitrogens is 1. The van der Waals surface area contributed by atoms with E-state index in [1.165, 1.54) is 5.56 Å². The predicted molar refractivity (Wildman–Crippen MR) is 129 cm³/mol. The van der Waals surface area contributed by atoms with Crippen LogP contribution in [0.3, 0.4) is 0 Å². The van der Waals surface area contributed by atoms with E-state index in [9.17, 15) is 4.79 Å². The number of aromatic amines is 1. The van der Waals surface area contributed by atoms with Gasteiger partial charge in [0.1, 0.15) is 6.54 Å². The summed E-state index contributed by atoms with van der Waals surface area (Å²) in [5.41, 5.74) is 3.44. The molecule has 1 saturated heterocycles. The van der Waals surface area contributed by atoms with E-state index in [2.05, 4.69) is 35.4 Å². The first kappa shape index (κ1) is 26.2. The summed E-state index contributed by atoms with van der Waals surface area (Å²) >= 11 is 6.12. The number of nitrogens with one attached hydrogen (secondary N) is 2. The fourth-order valence-corrected chi connectivity index (χ4v) is 5.02. The van der Waals surface area contributed by atoms with Crippen molar-refractivity contribution >= 4 is 22.4 Å². The number of nitrogens with zero attached hydrogens (tertiary/aromatic N) is 1. The molecule has 0 saturated carbocycles. The Morgan fingerprint density at radius 2 is 1.53 bits per heavy atom. The van der Waals surface area contributed by atoms with Crippen molar-refractivity contribution < 1.29 is 34.8 Å². The number of aromatic nitrogens is 2. The second kappa shape index (κ2) is 11.9. The molecule has 3 aromatic carbocycles. The molecular formula is C27H28Cl3N3O. The number of halogens is 3. The first-order chi connectivity index (χ1) is 15.7. The Morgan fingerprint density at radius 1 is 0.853 bits per heavy atom. The van der Waals surface area contributed by atoms with Crippen LogP contribution in [0.4, 0.5) is 0 Å². The third-order valence-corrected chi connectivity index (χ3v) is 6.82. The summed E-state index contributed by atoms with van der Waals surface area (Å²) in [4.78, 5) is 15.0. The molecule has 5 rings (SSSR count). The minimum atomic E-state index is 0. The number of H-pyrrole nitrogens is 1. The Labute approximate surface area is 217 Å². The molecule has 7 heteroatoms. The molecule has 178 valence electrons. The van der Waals surface area contributed by atoms with Crippen molar-refractivity contribution in [1.82, 2.24) is 4.68 Å². The summed E-state index contributed by atoms with van der Waals surface area (Å²) < 4.78 is 1.89. The van der Waals surface area contributed by atoms with Gasteiger partial charge in [0.25, 0.3) is 0 Å². The van der Waals surface area contributed by atoms with Crippen molar-refractivity contribution in [2.45, 2.75) is 31.8 Å². The fourth-order valence-electron chi connectivity index (χ4n) is 4.89. The standard InChI is InChI=1S/C27H26ClN3O.2ClH/c28-22-14-12-21(13-15-22)26-24-10-4-5-11-25(24)27(32)31(29-26)23-9-6-17-30(18-16-23)19-20-7-2-1-3-8-20;;/h1-5,7-8,10-15,23H,6,9,16-19H2;2*1H. The van der Waals surface area contributed by atoms with Gasteiger partial charge in [-0.15, -0.1) is 9.78 Å². The van der Waals surface area contributed by atoms with Crippen molar-refractivity contribution in [3.63, 3.8) is 0 Å². The van der Waals surface area contributed by atoms with E-state index >= 15 is 0 Å². The molecule has 0 bridgehead atoms. The zero-order valence-corrected chi connectivity index (χ0v) is 21.1. The lowest BCUT2D eigenvalue weighted by molar-refractivity contribution is -0.913. The monoisotopic (exact) mass is 515 g/mol. The summed E-state index contributed by atoms with van der Waals surface area (Å²) in [5.74, 6) is 0. The van der Waals surface area contributed by atoms with Gasteiger partial charge in [0.15, 0.2) is 0 Å². The maximum atomic E-state index is 13.5. The van der Waals surface area contributed by atoms with Crippen LogP contribution < -0.4 is 40.4 Å². The minimum absolute atomic E-state index is 0. The molecule has 2 atom stereocenters. The van der Waals surface area contributed by atoms with Crippen LogP contribution in [-0.4, -0.2) is 17.8 Å². The molecule has 0 radical (unpaired) electrons. The average Bonchev–Trinajstić information content (AvgIpc) is 3.06. The Kier molecular flexibility index (Phi) is 9.15. The van der Waals surface area contributed by atoms with E-state index in [0.717, 1.165) is 60.9 Å². The van der Waals surface area contributed by atoms with Crippen LogP contribution in [0.25, 0.3) is 22.0 Å². The highest BCUT2D eigenvalue weighted by molar-refractivity contribution is 6.30. The normalized spacial score (nSPS) is 17.9. The lowest BCUT2D eigenvalue weighted by Gasteiger charge is -2.17. The van der Waals surface area contributed by atoms with E-state index < -0.39 is 0 Å². The van der Waals surface area contributed by atoms with Gasteiger partial charge in [0.2, 0.25) is 5.69 Å². The molecule has 0 spiro atoms. The molecule has 1 aliphatic heterocycles. The van der Waals surface area contributed by atoms with Gasteiger partial charge in [-0.2, -0.15) is 0 Å². The summed E-state index contributed by atoms with van der Waals surface area (Å²) in [5, 5.41) is 5.91. The zero-order chi connectivity index (χ0) is 21.9. The Bertz CT molecular complexity index is 1280. The zero-order valence-electron chi connectivity index (χ0n) is 18.8. The molecule has 1 fully saturated rings. The first-order valence-corrected chi connectivity index (χ1v) is 11.8. The topological polar surface area (TPSA) is 40.6 Å². The highest BCUT2D eigenvalue weighted by atomic mass is 35.5. The summed E-state index contributed by atoms with van der Waals surface area (Å²) in [6.07, 6.45) is 3.10. The second-order valence-corrected chi connectivity index (χ2v) is 9.15. The van der Waals surface area contributed by atoms with Crippen LogP contribution in [0.5, 0.6) is 0 Å². The Morgan fingerprint density at radius 3 is 2.26 bits per heavy atom. The van der Waals surface area contributed by atoms with Crippen molar-refractivity contribution in [3.8, 4) is 11.3 Å². The largest absolute Gasteiger partial charge is 1.00 e. The van der Waals surface area contributed by atoms with Gasteiger partial charge >= 0.3 is 5.56 Å². The average molecular weight is 517 g/mol. The number of benzene rings is 3. The number of hydrogen-bond donors (Lipinski definition) is 1. The summed E-state index contributed by atoms with van der Waals surface area (Å²) in [6.45, 7) is 3.24. The van der Waals surface area contributed by atoms with E-state index in [1.807, 2.05) is 53.2 Å². The van der Waals surface area contributed by atoms with Crippen LogP contribution in [-0.2, 0) is 6.54 Å². The van der Waals surface area contributed by atoms with Crippen molar-refractivity contribution in [2.75, 3.05) is 13.1 Å². The maximum absolute atomic E-state index is 13.5. The van der Waals surface area contributed by atoms with Crippen LogP contribution in [0, 0.1) is 0 Å². The lowest BCUT2D eigenvalue weighted by Crippen LogP contribution is -3.10. The summed E-state index contributed by atoms with van der Waals surface area (Å²) in [7, 11) is 0. The Hall–Kier alpha value is -2.37. The van der Waals surface area contributed by atoms with E-state index in [1.54, 1.807) is 4.90 Å². The highest BCUT2D eigenvalue weighted by Gasteiger charge is 2.27. The van der Waals surface area contributed by atoms with E-state index in [0.29, 0.717) is 5.02 Å². The van der Waals surface area contributed by atoms with Crippen molar-refractivity contribution in [1.29, 1.82) is 0 Å². The Balaban J connectivity index is 0.00000162. The SMILES string of the molecule is O=c1c2ccccc2c(-c2ccc(Cl)cc2)[nH+]n1C1CCC[NH+](Cc2ccccc2)CC1.[Cl-].[Cl-]. The highest BCUT2D eigenvalue weighted by Crippen LogP contribution is 2.25. The van der Waals surface area contributed by atoms with Gasteiger partial charge in [0, 0.05) is 22.6 Å². The third-order valence-electron chi connectivity index (χ3n) is 6.57. The van der Waals surface area contributed by atoms with E-state index in [4.69, 9.17) is 11.6 Å². The molecule has 2 unspecified atom stereocenters. The molecule has 4 aromatic rings. The lowest BCUT2D eigenvalue weighted by atomic mass is 10.0. The van der Waals surface area contributed by atoms with Crippen molar-refractivity contribution in [2.24, 2.45) is 0 Å². The third kappa shape index (κ3) is 5.64. The van der Waals surface area contributed by atoms with Gasteiger partial charge in [0.05, 0.1) is 29.9 Å². The van der Waals surface area contributed by atoms with Crippen LogP contribution in [0.15, 0.2) is 83.7 Å². The minimum Gasteiger partial charge on any atom is -1.00 e. The summed E-state index contributed by atoms with van der Waals surface area (Å²) in [6, 6.07) is 26.5. The molecule has 1 aliphatic rings. The molecule has 4 nitrogen and oxygen atoms in total. The smallest absolute Gasteiger partial charge is 0.308 e. The quantitative estimate of drug-likeness (QED) is 0.334. The van der Waals surface area contributed by atoms with Gasteiger partial charge < -0.3 is 29.7 Å². The second-order valence-electron chi connectivity index (χ2n) is 8.71. The first-order valence-electron chi connectivity index (χ1n) is 11.4. The molecule has 0 amide bonds. The maximum Gasteiger partial charge on any atom is 0.308 e. The number of rotatable bonds is 4. The van der Waals surface area contributed by atoms with Crippen molar-refractivity contribution in [3.05, 3.63) is 99.8 Å². The molecule has 0 aliphatic carbocycles. The van der Waals surface area contributed by atoms with Crippen LogP contribution in [0.2, 0.25) is 5.02 Å². The molecule has 1 aromatic heterocycles. The molecule has 2 heterocycles. The molecule has 34 heavy (non-hydrogen) atoms. The van der Waals surface area contributed by atoms with Gasteiger partial charge in [-0.3, -0.25) is 4.79 Å². The van der Waals surface area contributed by atoms with Gasteiger partial charge in [-0.1, -0.05) is 54.1 Å². The number of likely N-dealkylation sites (tertiary alicyclic amines) is 1. The van der Waals surface area contributed by atoms with Gasteiger partial charge in [-0.25, -0.2) is 0 Å². The van der Waals surface area contributed by atoms with Crippen LogP contribution >= 0.6 is 11.6 Å². The molecular weight excluding hydrogens is 489 g/mol. The number of fused-ring (bicyclic) bond motifs is 1. The molecule has 2 N–H and O–H groups in total. The van der Waals surface area contributed by atoms with Gasteiger partial charge in [-0.05, 0) is 49.2 Å². The predicted octanol–water partition coefficient (Wildman–Crippen LogP) is -2.05. The van der Waals surface area contributed by atoms with Crippen LogP contribution in [0.1, 0.15) is 30.9 Å².